The van der Waals surface area contributed by atoms with Crippen LogP contribution in [0.2, 0.25) is 0 Å². The Bertz CT molecular complexity index is 790. The molecule has 0 radical (unpaired) electrons. The van der Waals surface area contributed by atoms with E-state index in [-0.39, 0.29) is 11.4 Å². The van der Waals surface area contributed by atoms with Crippen LogP contribution in [0.1, 0.15) is 5.56 Å². The number of fused-ring (bicyclic) bond motifs is 1. The Morgan fingerprint density at radius 2 is 2.28 bits per heavy atom. The summed E-state index contributed by atoms with van der Waals surface area (Å²) in [5.41, 5.74) is 7.61. The maximum absolute atomic E-state index is 11.7. The molecule has 3 rings (SSSR count). The van der Waals surface area contributed by atoms with E-state index in [0.29, 0.717) is 11.4 Å². The number of aromatic amines is 1. The number of nitrogens with zero attached hydrogens (tertiary/aromatic N) is 2. The molecular weight excluding hydrogens is 248 g/mol. The first-order valence-electron chi connectivity index (χ1n) is 5.35. The molecule has 3 aromatic heterocycles. The zero-order valence-electron chi connectivity index (χ0n) is 9.60. The Morgan fingerprint density at radius 3 is 3.06 bits per heavy atom. The first-order valence-corrected chi connectivity index (χ1v) is 6.23. The number of nitrogens with one attached hydrogen (secondary N) is 1. The molecule has 90 valence electrons. The van der Waals surface area contributed by atoms with E-state index >= 15 is 0 Å². The number of anilines is 1. The maximum atomic E-state index is 11.7. The number of aromatic nitrogens is 3. The van der Waals surface area contributed by atoms with Gasteiger partial charge in [-0.05, 0) is 24.4 Å². The second kappa shape index (κ2) is 3.92. The summed E-state index contributed by atoms with van der Waals surface area (Å²) >= 11 is 1.59. The number of hydrogen-bond donors (Lipinski definition) is 2. The normalized spacial score (nSPS) is 10.9. The third-order valence-electron chi connectivity index (χ3n) is 2.77. The molecule has 0 aliphatic carbocycles. The fraction of sp³-hybridized carbons (Fsp3) is 0.0833. The molecule has 0 spiro atoms. The lowest BCUT2D eigenvalue weighted by atomic mass is 10.2. The van der Waals surface area contributed by atoms with Crippen LogP contribution in [0.4, 0.5) is 5.82 Å². The number of nitrogen functional groups attached to an aromatic ring is 1. The van der Waals surface area contributed by atoms with Crippen LogP contribution in [0.5, 0.6) is 0 Å². The fourth-order valence-corrected chi connectivity index (χ4v) is 2.44. The average Bonchev–Trinajstić information content (AvgIpc) is 2.82. The minimum Gasteiger partial charge on any atom is -0.383 e. The van der Waals surface area contributed by atoms with E-state index in [2.05, 4.69) is 15.0 Å². The SMILES string of the molecule is Cc1c(N)nc(-c2cnc3ccsc3c2)[nH]c1=O. The third kappa shape index (κ3) is 1.67. The molecule has 0 atom stereocenters. The van der Waals surface area contributed by atoms with Crippen molar-refractivity contribution in [3.8, 4) is 11.4 Å². The molecule has 3 N–H and O–H groups in total. The van der Waals surface area contributed by atoms with Gasteiger partial charge in [0.15, 0.2) is 0 Å². The summed E-state index contributed by atoms with van der Waals surface area (Å²) in [5, 5.41) is 1.97. The quantitative estimate of drug-likeness (QED) is 0.698. The first kappa shape index (κ1) is 10.9. The predicted molar refractivity (Wildman–Crippen MR) is 72.6 cm³/mol. The first-order chi connectivity index (χ1) is 8.65. The standard InChI is InChI=1S/C12H10N4OS/c1-6-10(13)15-11(16-12(6)17)7-4-9-8(14-5-7)2-3-18-9/h2-5H,1H3,(H3,13,15,16,17). The van der Waals surface area contributed by atoms with Crippen LogP contribution < -0.4 is 11.3 Å². The van der Waals surface area contributed by atoms with Gasteiger partial charge in [0.05, 0.1) is 15.8 Å². The summed E-state index contributed by atoms with van der Waals surface area (Å²) in [4.78, 5) is 22.9. The third-order valence-corrected chi connectivity index (χ3v) is 3.62. The highest BCUT2D eigenvalue weighted by Crippen LogP contribution is 2.23. The summed E-state index contributed by atoms with van der Waals surface area (Å²) in [7, 11) is 0. The van der Waals surface area contributed by atoms with Crippen molar-refractivity contribution >= 4 is 27.4 Å². The van der Waals surface area contributed by atoms with Crippen LogP contribution in [0.15, 0.2) is 28.5 Å². The van der Waals surface area contributed by atoms with Crippen molar-refractivity contribution in [1.82, 2.24) is 15.0 Å². The highest BCUT2D eigenvalue weighted by atomic mass is 32.1. The molecule has 3 heterocycles. The van der Waals surface area contributed by atoms with Crippen LogP contribution in [0.3, 0.4) is 0 Å². The van der Waals surface area contributed by atoms with Gasteiger partial charge >= 0.3 is 0 Å². The lowest BCUT2D eigenvalue weighted by molar-refractivity contribution is 1.09. The Labute approximate surface area is 106 Å². The van der Waals surface area contributed by atoms with Gasteiger partial charge in [-0.1, -0.05) is 0 Å². The summed E-state index contributed by atoms with van der Waals surface area (Å²) in [6, 6.07) is 3.89. The van der Waals surface area contributed by atoms with Gasteiger partial charge in [0.25, 0.3) is 5.56 Å². The number of thiophene rings is 1. The van der Waals surface area contributed by atoms with Gasteiger partial charge in [-0.2, -0.15) is 0 Å². The second-order valence-electron chi connectivity index (χ2n) is 3.95. The number of pyridine rings is 1. The van der Waals surface area contributed by atoms with Crippen molar-refractivity contribution in [2.24, 2.45) is 0 Å². The Balaban J connectivity index is 2.22. The Morgan fingerprint density at radius 1 is 1.44 bits per heavy atom. The van der Waals surface area contributed by atoms with Crippen LogP contribution in [0.25, 0.3) is 21.6 Å². The van der Waals surface area contributed by atoms with Gasteiger partial charge in [0.1, 0.15) is 11.6 Å². The number of hydrogen-bond acceptors (Lipinski definition) is 5. The fourth-order valence-electron chi connectivity index (χ4n) is 1.66. The molecule has 0 saturated carbocycles. The van der Waals surface area contributed by atoms with Crippen LogP contribution in [-0.4, -0.2) is 15.0 Å². The largest absolute Gasteiger partial charge is 0.383 e. The molecule has 3 aromatic rings. The molecule has 6 heteroatoms. The minimum atomic E-state index is -0.219. The number of H-pyrrole nitrogens is 1. The smallest absolute Gasteiger partial charge is 0.256 e. The van der Waals surface area contributed by atoms with E-state index < -0.39 is 0 Å². The Hall–Kier alpha value is -2.21. The Kier molecular flexibility index (Phi) is 2.38. The lowest BCUT2D eigenvalue weighted by Gasteiger charge is -2.03. The summed E-state index contributed by atoms with van der Waals surface area (Å²) < 4.78 is 1.05. The highest BCUT2D eigenvalue weighted by molar-refractivity contribution is 7.17. The molecule has 0 unspecified atom stereocenters. The van der Waals surface area contributed by atoms with Gasteiger partial charge in [0, 0.05) is 11.8 Å². The molecular formula is C12H10N4OS. The molecule has 0 fully saturated rings. The van der Waals surface area contributed by atoms with Crippen molar-refractivity contribution in [3.63, 3.8) is 0 Å². The summed E-state index contributed by atoms with van der Waals surface area (Å²) in [5.74, 6) is 0.700. The molecule has 0 bridgehead atoms. The van der Waals surface area contributed by atoms with E-state index in [4.69, 9.17) is 5.73 Å². The van der Waals surface area contributed by atoms with Crippen molar-refractivity contribution in [3.05, 3.63) is 39.6 Å². The molecule has 0 saturated heterocycles. The van der Waals surface area contributed by atoms with Crippen molar-refractivity contribution in [1.29, 1.82) is 0 Å². The predicted octanol–water partition coefficient (Wildman–Crippen LogP) is 1.94. The number of nitrogens with two attached hydrogens (primary N) is 1. The van der Waals surface area contributed by atoms with E-state index in [1.165, 1.54) is 0 Å². The van der Waals surface area contributed by atoms with E-state index in [1.54, 1.807) is 24.5 Å². The van der Waals surface area contributed by atoms with Crippen molar-refractivity contribution in [2.75, 3.05) is 5.73 Å². The molecule has 5 nitrogen and oxygen atoms in total. The van der Waals surface area contributed by atoms with Crippen molar-refractivity contribution < 1.29 is 0 Å². The van der Waals surface area contributed by atoms with E-state index in [9.17, 15) is 4.79 Å². The van der Waals surface area contributed by atoms with Crippen LogP contribution >= 0.6 is 11.3 Å². The average molecular weight is 258 g/mol. The van der Waals surface area contributed by atoms with Gasteiger partial charge in [-0.25, -0.2) is 4.98 Å². The maximum Gasteiger partial charge on any atom is 0.256 e. The highest BCUT2D eigenvalue weighted by Gasteiger charge is 2.08. The van der Waals surface area contributed by atoms with Crippen LogP contribution in [-0.2, 0) is 0 Å². The molecule has 0 aromatic carbocycles. The van der Waals surface area contributed by atoms with Crippen LogP contribution in [0, 0.1) is 6.92 Å². The van der Waals surface area contributed by atoms with Gasteiger partial charge in [-0.15, -0.1) is 11.3 Å². The van der Waals surface area contributed by atoms with Gasteiger partial charge in [0.2, 0.25) is 0 Å². The lowest BCUT2D eigenvalue weighted by Crippen LogP contribution is -2.15. The molecule has 0 amide bonds. The minimum absolute atomic E-state index is 0.219. The number of rotatable bonds is 1. The monoisotopic (exact) mass is 258 g/mol. The second-order valence-corrected chi connectivity index (χ2v) is 4.90. The molecule has 0 aliphatic rings. The van der Waals surface area contributed by atoms with Crippen molar-refractivity contribution in [2.45, 2.75) is 6.92 Å². The zero-order valence-corrected chi connectivity index (χ0v) is 10.4. The van der Waals surface area contributed by atoms with Gasteiger partial charge < -0.3 is 10.7 Å². The summed E-state index contributed by atoms with van der Waals surface area (Å²) in [6.45, 7) is 1.64. The molecule has 18 heavy (non-hydrogen) atoms. The van der Waals surface area contributed by atoms with E-state index in [1.807, 2.05) is 17.5 Å². The summed E-state index contributed by atoms with van der Waals surface area (Å²) in [6.07, 6.45) is 1.68. The topological polar surface area (TPSA) is 84.7 Å². The van der Waals surface area contributed by atoms with E-state index in [0.717, 1.165) is 15.8 Å². The molecule has 0 aliphatic heterocycles. The van der Waals surface area contributed by atoms with Gasteiger partial charge in [-0.3, -0.25) is 9.78 Å². The zero-order chi connectivity index (χ0) is 12.7.